The Bertz CT molecular complexity index is 423. The third-order valence-corrected chi connectivity index (χ3v) is 3.38. The Morgan fingerprint density at radius 3 is 2.75 bits per heavy atom. The van der Waals surface area contributed by atoms with Gasteiger partial charge in [-0.15, -0.1) is 11.3 Å². The summed E-state index contributed by atoms with van der Waals surface area (Å²) in [6.45, 7) is 3.96. The van der Waals surface area contributed by atoms with Crippen molar-refractivity contribution in [3.8, 4) is 0 Å². The first-order valence-electron chi connectivity index (χ1n) is 5.50. The van der Waals surface area contributed by atoms with Crippen molar-refractivity contribution < 1.29 is 0 Å². The lowest BCUT2D eigenvalue weighted by atomic mass is 10.2. The molecule has 0 amide bonds. The first kappa shape index (κ1) is 11.3. The van der Waals surface area contributed by atoms with E-state index in [0.717, 1.165) is 25.2 Å². The Labute approximate surface area is 100 Å². The summed E-state index contributed by atoms with van der Waals surface area (Å²) < 4.78 is 0. The monoisotopic (exact) mass is 232 g/mol. The van der Waals surface area contributed by atoms with Crippen LogP contribution < -0.4 is 5.32 Å². The molecule has 3 heteroatoms. The van der Waals surface area contributed by atoms with Crippen LogP contribution >= 0.6 is 11.3 Å². The summed E-state index contributed by atoms with van der Waals surface area (Å²) in [5, 5.41) is 6.75. The van der Waals surface area contributed by atoms with Gasteiger partial charge in [0.2, 0.25) is 0 Å². The van der Waals surface area contributed by atoms with Crippen LogP contribution in [-0.4, -0.2) is 11.5 Å². The fraction of sp³-hybridized carbons (Fsp3) is 0.308. The highest BCUT2D eigenvalue weighted by atomic mass is 32.1. The first-order chi connectivity index (χ1) is 7.84. The number of hydrogen-bond donors (Lipinski definition) is 1. The number of nitrogens with zero attached hydrogens (tertiary/aromatic N) is 1. The second-order valence-corrected chi connectivity index (χ2v) is 4.74. The van der Waals surface area contributed by atoms with E-state index < -0.39 is 0 Å². The molecule has 0 saturated heterocycles. The number of hydrogen-bond acceptors (Lipinski definition) is 3. The zero-order valence-corrected chi connectivity index (χ0v) is 10.3. The first-order valence-corrected chi connectivity index (χ1v) is 6.38. The maximum atomic E-state index is 4.43. The smallest absolute Gasteiger partial charge is 0.0940 e. The predicted octanol–water partition coefficient (Wildman–Crippen LogP) is 2.78. The highest BCUT2D eigenvalue weighted by Gasteiger charge is 1.97. The molecule has 0 fully saturated rings. The molecular weight excluding hydrogens is 216 g/mol. The van der Waals surface area contributed by atoms with Crippen LogP contribution in [0.3, 0.4) is 0 Å². The molecule has 1 aromatic carbocycles. The van der Waals surface area contributed by atoms with Gasteiger partial charge in [-0.3, -0.25) is 0 Å². The second kappa shape index (κ2) is 5.77. The van der Waals surface area contributed by atoms with Crippen LogP contribution in [0.2, 0.25) is 0 Å². The standard InChI is InChI=1S/C13H16N2S/c1-11-10-16-13(15-11)7-8-14-9-12-5-3-2-4-6-12/h2-6,10,14H,7-9H2,1H3. The molecule has 0 aliphatic rings. The number of nitrogens with one attached hydrogen (secondary N) is 1. The van der Waals surface area contributed by atoms with Crippen LogP contribution in [0.1, 0.15) is 16.3 Å². The van der Waals surface area contributed by atoms with Gasteiger partial charge in [0.15, 0.2) is 0 Å². The van der Waals surface area contributed by atoms with E-state index in [4.69, 9.17) is 0 Å². The summed E-state index contributed by atoms with van der Waals surface area (Å²) >= 11 is 1.74. The predicted molar refractivity (Wildman–Crippen MR) is 68.7 cm³/mol. The van der Waals surface area contributed by atoms with Crippen molar-refractivity contribution in [1.29, 1.82) is 0 Å². The van der Waals surface area contributed by atoms with E-state index in [1.54, 1.807) is 11.3 Å². The largest absolute Gasteiger partial charge is 0.312 e. The van der Waals surface area contributed by atoms with E-state index >= 15 is 0 Å². The Kier molecular flexibility index (Phi) is 4.08. The molecule has 1 N–H and O–H groups in total. The van der Waals surface area contributed by atoms with Gasteiger partial charge in [-0.25, -0.2) is 4.98 Å². The highest BCUT2D eigenvalue weighted by molar-refractivity contribution is 7.09. The molecule has 2 rings (SSSR count). The quantitative estimate of drug-likeness (QED) is 0.802. The Balaban J connectivity index is 1.69. The summed E-state index contributed by atoms with van der Waals surface area (Å²) in [5.41, 5.74) is 2.46. The molecule has 2 aromatic rings. The molecule has 0 saturated carbocycles. The fourth-order valence-corrected chi connectivity index (χ4v) is 2.32. The van der Waals surface area contributed by atoms with E-state index in [-0.39, 0.29) is 0 Å². The van der Waals surface area contributed by atoms with Gasteiger partial charge in [-0.1, -0.05) is 30.3 Å². The lowest BCUT2D eigenvalue weighted by Crippen LogP contribution is -2.16. The third-order valence-electron chi connectivity index (χ3n) is 2.35. The van der Waals surface area contributed by atoms with Gasteiger partial charge < -0.3 is 5.32 Å². The molecule has 1 heterocycles. The summed E-state index contributed by atoms with van der Waals surface area (Å²) in [4.78, 5) is 4.43. The molecule has 84 valence electrons. The molecule has 0 radical (unpaired) electrons. The van der Waals surface area contributed by atoms with Gasteiger partial charge in [0.25, 0.3) is 0 Å². The zero-order valence-electron chi connectivity index (χ0n) is 9.44. The van der Waals surface area contributed by atoms with E-state index in [9.17, 15) is 0 Å². The number of aryl methyl sites for hydroxylation is 1. The van der Waals surface area contributed by atoms with Gasteiger partial charge in [0.05, 0.1) is 5.01 Å². The van der Waals surface area contributed by atoms with E-state index in [2.05, 4.69) is 39.9 Å². The lowest BCUT2D eigenvalue weighted by Gasteiger charge is -2.02. The summed E-state index contributed by atoms with van der Waals surface area (Å²) in [6.07, 6.45) is 1.02. The molecule has 0 aliphatic heterocycles. The minimum absolute atomic E-state index is 0.936. The van der Waals surface area contributed by atoms with Crippen LogP contribution in [0.15, 0.2) is 35.7 Å². The van der Waals surface area contributed by atoms with E-state index in [1.165, 1.54) is 10.6 Å². The van der Waals surface area contributed by atoms with Crippen molar-refractivity contribution in [3.05, 3.63) is 52.0 Å². The molecule has 2 nitrogen and oxygen atoms in total. The summed E-state index contributed by atoms with van der Waals surface area (Å²) in [6, 6.07) is 10.5. The average Bonchev–Trinajstić information content (AvgIpc) is 2.72. The molecule has 0 aliphatic carbocycles. The number of benzene rings is 1. The van der Waals surface area contributed by atoms with Gasteiger partial charge in [0, 0.05) is 30.6 Å². The lowest BCUT2D eigenvalue weighted by molar-refractivity contribution is 0.685. The van der Waals surface area contributed by atoms with Crippen molar-refractivity contribution in [3.63, 3.8) is 0 Å². The molecule has 0 atom stereocenters. The van der Waals surface area contributed by atoms with Crippen LogP contribution in [0.4, 0.5) is 0 Å². The van der Waals surface area contributed by atoms with Crippen LogP contribution in [0.5, 0.6) is 0 Å². The molecular formula is C13H16N2S. The molecule has 0 bridgehead atoms. The minimum Gasteiger partial charge on any atom is -0.312 e. The van der Waals surface area contributed by atoms with Crippen molar-refractivity contribution >= 4 is 11.3 Å². The van der Waals surface area contributed by atoms with Crippen LogP contribution in [0, 0.1) is 6.92 Å². The van der Waals surface area contributed by atoms with Gasteiger partial charge in [0.1, 0.15) is 0 Å². The third kappa shape index (κ3) is 3.43. The highest BCUT2D eigenvalue weighted by Crippen LogP contribution is 2.08. The Morgan fingerprint density at radius 1 is 1.25 bits per heavy atom. The average molecular weight is 232 g/mol. The van der Waals surface area contributed by atoms with Crippen molar-refractivity contribution in [2.24, 2.45) is 0 Å². The second-order valence-electron chi connectivity index (χ2n) is 3.80. The topological polar surface area (TPSA) is 24.9 Å². The molecule has 16 heavy (non-hydrogen) atoms. The maximum Gasteiger partial charge on any atom is 0.0940 e. The Morgan fingerprint density at radius 2 is 2.06 bits per heavy atom. The van der Waals surface area contributed by atoms with Crippen molar-refractivity contribution in [2.75, 3.05) is 6.54 Å². The molecule has 0 spiro atoms. The minimum atomic E-state index is 0.936. The van der Waals surface area contributed by atoms with Crippen molar-refractivity contribution in [1.82, 2.24) is 10.3 Å². The zero-order chi connectivity index (χ0) is 11.2. The van der Waals surface area contributed by atoms with E-state index in [0.29, 0.717) is 0 Å². The Hall–Kier alpha value is -1.19. The SMILES string of the molecule is Cc1csc(CCNCc2ccccc2)n1. The molecule has 1 aromatic heterocycles. The normalized spacial score (nSPS) is 10.6. The molecule has 0 unspecified atom stereocenters. The number of thiazole rings is 1. The van der Waals surface area contributed by atoms with Crippen molar-refractivity contribution in [2.45, 2.75) is 19.9 Å². The van der Waals surface area contributed by atoms with E-state index in [1.807, 2.05) is 13.0 Å². The van der Waals surface area contributed by atoms with Gasteiger partial charge in [-0.2, -0.15) is 0 Å². The van der Waals surface area contributed by atoms with Gasteiger partial charge in [-0.05, 0) is 12.5 Å². The number of aromatic nitrogens is 1. The fourth-order valence-electron chi connectivity index (χ4n) is 1.54. The van der Waals surface area contributed by atoms with Crippen LogP contribution in [0.25, 0.3) is 0 Å². The number of rotatable bonds is 5. The van der Waals surface area contributed by atoms with Gasteiger partial charge >= 0.3 is 0 Å². The maximum absolute atomic E-state index is 4.43. The summed E-state index contributed by atoms with van der Waals surface area (Å²) in [5.74, 6) is 0. The van der Waals surface area contributed by atoms with Crippen LogP contribution in [-0.2, 0) is 13.0 Å². The summed E-state index contributed by atoms with van der Waals surface area (Å²) in [7, 11) is 0.